The Labute approximate surface area is 258 Å². The Bertz CT molecular complexity index is 1580. The number of amides is 1. The second-order valence-corrected chi connectivity index (χ2v) is 11.9. The number of carbonyl (C=O) groups excluding carboxylic acids is 1. The molecule has 2 aliphatic heterocycles. The van der Waals surface area contributed by atoms with E-state index in [0.717, 1.165) is 42.9 Å². The van der Waals surface area contributed by atoms with Gasteiger partial charge in [0.2, 0.25) is 12.5 Å². The minimum atomic E-state index is -0.700. The average Bonchev–Trinajstić information content (AvgIpc) is 3.87. The van der Waals surface area contributed by atoms with E-state index in [1.54, 1.807) is 4.90 Å². The van der Waals surface area contributed by atoms with Crippen LogP contribution in [-0.2, 0) is 22.5 Å². The summed E-state index contributed by atoms with van der Waals surface area (Å²) in [5, 5.41) is 2.46. The number of nitrogens with zero attached hydrogens (tertiary/aromatic N) is 6. The number of rotatable bonds is 10. The number of halogens is 1. The number of aromatic nitrogens is 2. The normalized spacial score (nSPS) is 19.2. The number of allylic oxidation sites excluding steroid dienone is 1. The van der Waals surface area contributed by atoms with Gasteiger partial charge in [0.05, 0.1) is 24.9 Å². The third-order valence-corrected chi connectivity index (χ3v) is 8.57. The number of hydrogen-bond acceptors (Lipinski definition) is 7. The maximum Gasteiger partial charge on any atom is 0.319 e. The zero-order chi connectivity index (χ0) is 30.6. The summed E-state index contributed by atoms with van der Waals surface area (Å²) >= 11 is 0. The van der Waals surface area contributed by atoms with Crippen molar-refractivity contribution in [2.24, 2.45) is 0 Å². The monoisotopic (exact) mass is 598 g/mol. The lowest BCUT2D eigenvalue weighted by Crippen LogP contribution is -2.56. The largest absolute Gasteiger partial charge is 0.458 e. The third-order valence-electron chi connectivity index (χ3n) is 8.57. The summed E-state index contributed by atoms with van der Waals surface area (Å²) in [6.07, 6.45) is 5.54. The minimum Gasteiger partial charge on any atom is -0.458 e. The van der Waals surface area contributed by atoms with Crippen LogP contribution in [0.4, 0.5) is 15.9 Å². The fourth-order valence-corrected chi connectivity index (χ4v) is 6.24. The van der Waals surface area contributed by atoms with Gasteiger partial charge in [-0.05, 0) is 56.2 Å². The topological polar surface area (TPSA) is 75.4 Å². The van der Waals surface area contributed by atoms with Crippen LogP contribution < -0.4 is 14.5 Å². The van der Waals surface area contributed by atoms with Crippen molar-refractivity contribution in [2.75, 3.05) is 55.8 Å². The highest BCUT2D eigenvalue weighted by Gasteiger charge is 2.35. The number of carbonyl (C=O) groups is 1. The highest BCUT2D eigenvalue weighted by Crippen LogP contribution is 2.36. The predicted octanol–water partition coefficient (Wildman–Crippen LogP) is 4.91. The molecule has 1 aromatic heterocycles. The standard InChI is InChI=1S/C34H39FN6O3/c1-23-7-4-8-25-9-5-10-30(32(23)25)39-16-14-28-29(21-39)37-34(44-24(2)22-43-27-12-13-27)38-33(28)40-17-18-41(26(20-40)19-36-3)31(42)11-6-15-35/h4-11,24,26-27H,12-22H2,1-2H3/b11-6+/t24-,26+/m1/s1. The third kappa shape index (κ3) is 6.48. The van der Waals surface area contributed by atoms with Crippen molar-refractivity contribution < 1.29 is 18.7 Å². The van der Waals surface area contributed by atoms with Crippen LogP contribution >= 0.6 is 0 Å². The molecule has 1 aliphatic carbocycles. The predicted molar refractivity (Wildman–Crippen MR) is 169 cm³/mol. The van der Waals surface area contributed by atoms with Gasteiger partial charge in [-0.3, -0.25) is 4.79 Å². The van der Waals surface area contributed by atoms with Gasteiger partial charge in [-0.2, -0.15) is 9.97 Å². The maximum absolute atomic E-state index is 12.8. The van der Waals surface area contributed by atoms with E-state index in [2.05, 4.69) is 58.0 Å². The molecular weight excluding hydrogens is 559 g/mol. The van der Waals surface area contributed by atoms with E-state index in [9.17, 15) is 9.18 Å². The summed E-state index contributed by atoms with van der Waals surface area (Å²) in [4.78, 5) is 32.5. The average molecular weight is 599 g/mol. The molecule has 2 atom stereocenters. The second kappa shape index (κ2) is 13.2. The lowest BCUT2D eigenvalue weighted by Gasteiger charge is -2.41. The van der Waals surface area contributed by atoms with Gasteiger partial charge in [-0.25, -0.2) is 11.0 Å². The molecule has 0 N–H and O–H groups in total. The quantitative estimate of drug-likeness (QED) is 0.243. The van der Waals surface area contributed by atoms with Crippen LogP contribution in [0, 0.1) is 13.5 Å². The molecule has 1 saturated heterocycles. The van der Waals surface area contributed by atoms with E-state index in [-0.39, 0.29) is 24.6 Å². The zero-order valence-corrected chi connectivity index (χ0v) is 25.4. The van der Waals surface area contributed by atoms with Gasteiger partial charge in [0.25, 0.3) is 0 Å². The van der Waals surface area contributed by atoms with E-state index < -0.39 is 6.67 Å². The summed E-state index contributed by atoms with van der Waals surface area (Å²) in [6, 6.07) is 12.8. The Morgan fingerprint density at radius 2 is 1.98 bits per heavy atom. The number of alkyl halides is 1. The molecule has 0 spiro atoms. The number of fused-ring (bicyclic) bond motifs is 2. The van der Waals surface area contributed by atoms with Crippen molar-refractivity contribution in [1.82, 2.24) is 14.9 Å². The molecule has 44 heavy (non-hydrogen) atoms. The molecule has 1 saturated carbocycles. The van der Waals surface area contributed by atoms with Gasteiger partial charge in [0.15, 0.2) is 0 Å². The molecule has 3 aromatic rings. The number of aryl methyl sites for hydroxylation is 1. The maximum atomic E-state index is 12.8. The number of ether oxygens (including phenoxy) is 2. The summed E-state index contributed by atoms with van der Waals surface area (Å²) in [5.74, 6) is 0.533. The fourth-order valence-electron chi connectivity index (χ4n) is 6.24. The summed E-state index contributed by atoms with van der Waals surface area (Å²) in [7, 11) is 0. The molecule has 2 aromatic carbocycles. The molecule has 2 fully saturated rings. The van der Waals surface area contributed by atoms with Crippen molar-refractivity contribution >= 4 is 28.2 Å². The second-order valence-electron chi connectivity index (χ2n) is 11.9. The Hall–Kier alpha value is -4.23. The first-order valence-electron chi connectivity index (χ1n) is 15.5. The number of piperazine rings is 1. The van der Waals surface area contributed by atoms with Gasteiger partial charge in [0.1, 0.15) is 24.6 Å². The van der Waals surface area contributed by atoms with E-state index in [1.165, 1.54) is 34.2 Å². The molecule has 0 radical (unpaired) electrons. The van der Waals surface area contributed by atoms with Crippen LogP contribution in [0.1, 0.15) is 36.6 Å². The van der Waals surface area contributed by atoms with E-state index in [1.807, 2.05) is 6.92 Å². The van der Waals surface area contributed by atoms with Gasteiger partial charge < -0.3 is 29.0 Å². The van der Waals surface area contributed by atoms with Gasteiger partial charge in [-0.15, -0.1) is 0 Å². The Morgan fingerprint density at radius 3 is 2.75 bits per heavy atom. The molecule has 0 unspecified atom stereocenters. The van der Waals surface area contributed by atoms with Crippen molar-refractivity contribution in [3.63, 3.8) is 0 Å². The molecular formula is C34H39FN6O3. The van der Waals surface area contributed by atoms with Crippen molar-refractivity contribution in [2.45, 2.75) is 57.9 Å². The summed E-state index contributed by atoms with van der Waals surface area (Å²) in [6.45, 7) is 14.4. The highest BCUT2D eigenvalue weighted by atomic mass is 19.1. The minimum absolute atomic E-state index is 0.159. The Kier molecular flexibility index (Phi) is 8.94. The Balaban J connectivity index is 1.31. The first-order valence-corrected chi connectivity index (χ1v) is 15.5. The van der Waals surface area contributed by atoms with Crippen molar-refractivity contribution in [3.8, 4) is 6.01 Å². The van der Waals surface area contributed by atoms with Crippen LogP contribution in [0.25, 0.3) is 15.6 Å². The lowest BCUT2D eigenvalue weighted by molar-refractivity contribution is -0.128. The molecule has 3 aliphatic rings. The van der Waals surface area contributed by atoms with Crippen molar-refractivity contribution in [3.05, 3.63) is 76.8 Å². The molecule has 10 heteroatoms. The SMILES string of the molecule is [C-]#[N+]C[C@H]1CN(c2nc(O[C@H](C)COC3CC3)nc3c2CCN(c2cccc4cccc(C)c24)C3)CCN1C(=O)/C=C/CF. The molecule has 6 rings (SSSR count). The molecule has 9 nitrogen and oxygen atoms in total. The number of benzene rings is 2. The molecule has 0 bridgehead atoms. The molecule has 3 heterocycles. The van der Waals surface area contributed by atoms with Crippen LogP contribution in [0.2, 0.25) is 0 Å². The van der Waals surface area contributed by atoms with Gasteiger partial charge >= 0.3 is 6.01 Å². The zero-order valence-electron chi connectivity index (χ0n) is 25.4. The van der Waals surface area contributed by atoms with E-state index in [0.29, 0.717) is 44.9 Å². The van der Waals surface area contributed by atoms with Gasteiger partial charge in [0, 0.05) is 48.9 Å². The Morgan fingerprint density at radius 1 is 1.16 bits per heavy atom. The first-order chi connectivity index (χ1) is 21.4. The highest BCUT2D eigenvalue weighted by molar-refractivity contribution is 5.97. The van der Waals surface area contributed by atoms with Gasteiger partial charge in [-0.1, -0.05) is 30.3 Å². The molecule has 1 amide bonds. The smallest absolute Gasteiger partial charge is 0.319 e. The summed E-state index contributed by atoms with van der Waals surface area (Å²) in [5.41, 5.74) is 4.42. The number of anilines is 2. The van der Waals surface area contributed by atoms with Crippen LogP contribution in [0.3, 0.4) is 0 Å². The van der Waals surface area contributed by atoms with E-state index >= 15 is 0 Å². The van der Waals surface area contributed by atoms with Crippen LogP contribution in [-0.4, -0.2) is 85.0 Å². The van der Waals surface area contributed by atoms with Crippen LogP contribution in [0.15, 0.2) is 48.6 Å². The lowest BCUT2D eigenvalue weighted by atomic mass is 9.99. The number of hydrogen-bond donors (Lipinski definition) is 0. The first kappa shape index (κ1) is 29.8. The molecule has 230 valence electrons. The van der Waals surface area contributed by atoms with E-state index in [4.69, 9.17) is 26.0 Å². The van der Waals surface area contributed by atoms with Crippen molar-refractivity contribution in [1.29, 1.82) is 0 Å². The van der Waals surface area contributed by atoms with Crippen LogP contribution in [0.5, 0.6) is 6.01 Å². The summed E-state index contributed by atoms with van der Waals surface area (Å²) < 4.78 is 24.8. The fraction of sp³-hybridized carbons (Fsp3) is 0.471.